The minimum Gasteiger partial charge on any atom is -0.389 e. The van der Waals surface area contributed by atoms with E-state index in [4.69, 9.17) is 9.47 Å². The Morgan fingerprint density at radius 2 is 1.97 bits per heavy atom. The molecule has 1 N–H and O–H groups in total. The second kappa shape index (κ2) is 10.7. The van der Waals surface area contributed by atoms with E-state index in [1.165, 1.54) is 19.2 Å². The van der Waals surface area contributed by atoms with E-state index >= 15 is 0 Å². The first-order valence-electron chi connectivity index (χ1n) is 10.7. The van der Waals surface area contributed by atoms with Gasteiger partial charge in [0, 0.05) is 24.6 Å². The van der Waals surface area contributed by atoms with Crippen LogP contribution in [0.15, 0.2) is 30.3 Å². The molecule has 2 unspecified atom stereocenters. The topological polar surface area (TPSA) is 102 Å². The number of benzene rings is 1. The molecule has 1 aliphatic rings. The molecule has 10 heteroatoms. The Balaban J connectivity index is 2.06. The van der Waals surface area contributed by atoms with Crippen LogP contribution in [0.5, 0.6) is 0 Å². The SMILES string of the molecule is CC(C)c1nc(N(C)S(C)(=O)=O)nc(-c2ccc(F)cc2)c1/C=C/C(O)CC1CCOCO1. The van der Waals surface area contributed by atoms with Gasteiger partial charge >= 0.3 is 0 Å². The molecule has 1 saturated heterocycles. The molecular weight excluding hydrogens is 449 g/mol. The van der Waals surface area contributed by atoms with Gasteiger partial charge in [0.1, 0.15) is 12.6 Å². The highest BCUT2D eigenvalue weighted by molar-refractivity contribution is 7.92. The number of halogens is 1. The average Bonchev–Trinajstić information content (AvgIpc) is 2.77. The van der Waals surface area contributed by atoms with Gasteiger partial charge < -0.3 is 14.6 Å². The molecular formula is C23H30FN3O5S. The summed E-state index contributed by atoms with van der Waals surface area (Å²) in [7, 11) is -2.21. The predicted molar refractivity (Wildman–Crippen MR) is 125 cm³/mol. The first kappa shape index (κ1) is 25.2. The predicted octanol–water partition coefficient (Wildman–Crippen LogP) is 3.33. The van der Waals surface area contributed by atoms with Crippen LogP contribution >= 0.6 is 0 Å². The first-order valence-corrected chi connectivity index (χ1v) is 12.6. The van der Waals surface area contributed by atoms with Crippen molar-refractivity contribution in [2.75, 3.05) is 31.0 Å². The normalized spacial score (nSPS) is 18.1. The molecule has 0 radical (unpaired) electrons. The zero-order valence-electron chi connectivity index (χ0n) is 19.2. The van der Waals surface area contributed by atoms with Crippen LogP contribution in [-0.2, 0) is 19.5 Å². The van der Waals surface area contributed by atoms with Gasteiger partial charge in [0.05, 0.1) is 36.5 Å². The van der Waals surface area contributed by atoms with E-state index in [0.29, 0.717) is 42.0 Å². The first-order chi connectivity index (χ1) is 15.6. The van der Waals surface area contributed by atoms with E-state index in [0.717, 1.165) is 10.6 Å². The van der Waals surface area contributed by atoms with Crippen molar-refractivity contribution in [3.8, 4) is 11.3 Å². The van der Waals surface area contributed by atoms with Crippen molar-refractivity contribution < 1.29 is 27.4 Å². The Morgan fingerprint density at radius 3 is 2.55 bits per heavy atom. The summed E-state index contributed by atoms with van der Waals surface area (Å²) in [4.78, 5) is 9.04. The third-order valence-electron chi connectivity index (χ3n) is 5.37. The van der Waals surface area contributed by atoms with Gasteiger partial charge in [-0.15, -0.1) is 0 Å². The second-order valence-electron chi connectivity index (χ2n) is 8.33. The van der Waals surface area contributed by atoms with E-state index in [1.54, 1.807) is 24.3 Å². The molecule has 2 atom stereocenters. The Bertz CT molecular complexity index is 1080. The largest absolute Gasteiger partial charge is 0.389 e. The second-order valence-corrected chi connectivity index (χ2v) is 10.3. The molecule has 2 aromatic rings. The highest BCUT2D eigenvalue weighted by Crippen LogP contribution is 2.31. The molecule has 8 nitrogen and oxygen atoms in total. The Kier molecular flexibility index (Phi) is 8.17. The van der Waals surface area contributed by atoms with Crippen LogP contribution < -0.4 is 4.31 Å². The summed E-state index contributed by atoms with van der Waals surface area (Å²) < 4.78 is 49.5. The fraction of sp³-hybridized carbons (Fsp3) is 0.478. The molecule has 180 valence electrons. The number of sulfonamides is 1. The maximum Gasteiger partial charge on any atom is 0.239 e. The Labute approximate surface area is 194 Å². The smallest absolute Gasteiger partial charge is 0.239 e. The monoisotopic (exact) mass is 479 g/mol. The van der Waals surface area contributed by atoms with Gasteiger partial charge in [-0.3, -0.25) is 0 Å². The third kappa shape index (κ3) is 6.57. The molecule has 0 saturated carbocycles. The van der Waals surface area contributed by atoms with Crippen LogP contribution in [0, 0.1) is 5.82 Å². The maximum atomic E-state index is 13.6. The van der Waals surface area contributed by atoms with Crippen molar-refractivity contribution in [3.63, 3.8) is 0 Å². The summed E-state index contributed by atoms with van der Waals surface area (Å²) in [5.74, 6) is -0.447. The van der Waals surface area contributed by atoms with Gasteiger partial charge in [-0.25, -0.2) is 27.1 Å². The average molecular weight is 480 g/mol. The van der Waals surface area contributed by atoms with Crippen LogP contribution in [0.25, 0.3) is 17.3 Å². The minimum absolute atomic E-state index is 0.0221. The minimum atomic E-state index is -3.59. The standard InChI is InChI=1S/C23H30FN3O5S/c1-15(2)21-20(10-9-18(28)13-19-11-12-31-14-32-19)22(16-5-7-17(24)8-6-16)26-23(25-21)27(3)33(4,29)30/h5-10,15,18-19,28H,11-14H2,1-4H3/b10-9+. The lowest BCUT2D eigenvalue weighted by Gasteiger charge is -2.24. The van der Waals surface area contributed by atoms with Crippen LogP contribution in [0.1, 0.15) is 43.9 Å². The molecule has 0 spiro atoms. The lowest BCUT2D eigenvalue weighted by atomic mass is 9.97. The summed E-state index contributed by atoms with van der Waals surface area (Å²) >= 11 is 0. The van der Waals surface area contributed by atoms with Crippen molar-refractivity contribution in [2.45, 2.75) is 44.8 Å². The van der Waals surface area contributed by atoms with Crippen LogP contribution in [0.3, 0.4) is 0 Å². The fourth-order valence-corrected chi connectivity index (χ4v) is 3.82. The van der Waals surface area contributed by atoms with Crippen molar-refractivity contribution in [3.05, 3.63) is 47.4 Å². The number of anilines is 1. The molecule has 2 heterocycles. The summed E-state index contributed by atoms with van der Waals surface area (Å²) in [6, 6.07) is 5.79. The molecule has 1 aromatic carbocycles. The number of hydrogen-bond donors (Lipinski definition) is 1. The van der Waals surface area contributed by atoms with E-state index in [1.807, 2.05) is 13.8 Å². The highest BCUT2D eigenvalue weighted by atomic mass is 32.2. The lowest BCUT2D eigenvalue weighted by molar-refractivity contribution is -0.145. The number of rotatable bonds is 8. The van der Waals surface area contributed by atoms with Crippen molar-refractivity contribution in [1.29, 1.82) is 0 Å². The highest BCUT2D eigenvalue weighted by Gasteiger charge is 2.23. The summed E-state index contributed by atoms with van der Waals surface area (Å²) in [6.45, 7) is 4.68. The number of aliphatic hydroxyl groups excluding tert-OH is 1. The molecule has 0 amide bonds. The molecule has 33 heavy (non-hydrogen) atoms. The molecule has 0 bridgehead atoms. The zero-order valence-corrected chi connectivity index (χ0v) is 20.0. The number of aliphatic hydroxyl groups is 1. The van der Waals surface area contributed by atoms with Crippen molar-refractivity contribution >= 4 is 22.0 Å². The number of hydrogen-bond acceptors (Lipinski definition) is 7. The molecule has 1 aromatic heterocycles. The van der Waals surface area contributed by atoms with Crippen LogP contribution in [-0.4, -0.2) is 62.4 Å². The quantitative estimate of drug-likeness (QED) is 0.620. The van der Waals surface area contributed by atoms with Gasteiger partial charge in [-0.2, -0.15) is 0 Å². The van der Waals surface area contributed by atoms with E-state index in [-0.39, 0.29) is 24.8 Å². The van der Waals surface area contributed by atoms with Gasteiger partial charge in [-0.1, -0.05) is 26.0 Å². The van der Waals surface area contributed by atoms with Crippen LogP contribution in [0.4, 0.5) is 10.3 Å². The van der Waals surface area contributed by atoms with Gasteiger partial charge in [0.2, 0.25) is 16.0 Å². The Morgan fingerprint density at radius 1 is 1.27 bits per heavy atom. The molecule has 3 rings (SSSR count). The maximum absolute atomic E-state index is 13.6. The van der Waals surface area contributed by atoms with E-state index in [9.17, 15) is 17.9 Å². The fourth-order valence-electron chi connectivity index (χ4n) is 3.44. The number of nitrogens with zero attached hydrogens (tertiary/aromatic N) is 3. The summed E-state index contributed by atoms with van der Waals surface area (Å²) in [6.07, 6.45) is 4.72. The van der Waals surface area contributed by atoms with Crippen molar-refractivity contribution in [1.82, 2.24) is 9.97 Å². The third-order valence-corrected chi connectivity index (χ3v) is 6.53. The van der Waals surface area contributed by atoms with E-state index in [2.05, 4.69) is 9.97 Å². The number of ether oxygens (including phenoxy) is 2. The van der Waals surface area contributed by atoms with Gasteiger partial charge in [-0.05, 0) is 36.6 Å². The van der Waals surface area contributed by atoms with Gasteiger partial charge in [0.15, 0.2) is 0 Å². The summed E-state index contributed by atoms with van der Waals surface area (Å²) in [5, 5.41) is 10.6. The lowest BCUT2D eigenvalue weighted by Crippen LogP contribution is -2.28. The van der Waals surface area contributed by atoms with Gasteiger partial charge in [0.25, 0.3) is 0 Å². The Hall–Kier alpha value is -2.40. The van der Waals surface area contributed by atoms with Crippen molar-refractivity contribution in [2.24, 2.45) is 0 Å². The van der Waals surface area contributed by atoms with Crippen LogP contribution in [0.2, 0.25) is 0 Å². The number of aromatic nitrogens is 2. The zero-order chi connectivity index (χ0) is 24.2. The van der Waals surface area contributed by atoms with E-state index < -0.39 is 21.9 Å². The molecule has 0 aliphatic carbocycles. The molecule has 1 aliphatic heterocycles. The molecule has 1 fully saturated rings. The summed E-state index contributed by atoms with van der Waals surface area (Å²) in [5.41, 5.74) is 2.30.